The van der Waals surface area contributed by atoms with E-state index in [0.717, 1.165) is 14.8 Å². The van der Waals surface area contributed by atoms with Crippen LogP contribution in [0.2, 0.25) is 0 Å². The fourth-order valence-corrected chi connectivity index (χ4v) is 3.76. The molecule has 0 fully saturated rings. The van der Waals surface area contributed by atoms with Gasteiger partial charge in [-0.05, 0) is 30.3 Å². The van der Waals surface area contributed by atoms with E-state index in [1.807, 2.05) is 19.2 Å². The van der Waals surface area contributed by atoms with E-state index in [1.165, 1.54) is 26.2 Å². The van der Waals surface area contributed by atoms with Gasteiger partial charge in [-0.1, -0.05) is 6.07 Å². The number of hydrogen-bond donors (Lipinski definition) is 2. The Morgan fingerprint density at radius 1 is 1.10 bits per heavy atom. The number of sulfonamides is 1. The highest BCUT2D eigenvalue weighted by Gasteiger charge is 2.18. The van der Waals surface area contributed by atoms with Crippen LogP contribution in [0.25, 0.3) is 0 Å². The largest absolute Gasteiger partial charge is 0.497 e. The van der Waals surface area contributed by atoms with E-state index >= 15 is 0 Å². The Kier molecular flexibility index (Phi) is 7.60. The smallest absolute Gasteiger partial charge is 0.279 e. The van der Waals surface area contributed by atoms with Crippen LogP contribution < -0.4 is 19.7 Å². The number of hydrogen-bond acceptors (Lipinski definition) is 5. The molecule has 9 heteroatoms. The fraction of sp³-hybridized carbons (Fsp3) is 0.350. The van der Waals surface area contributed by atoms with E-state index in [9.17, 15) is 13.2 Å². The molecule has 0 aliphatic heterocycles. The number of rotatable bonds is 9. The van der Waals surface area contributed by atoms with Crippen LogP contribution in [0.5, 0.6) is 11.5 Å². The number of nitrogens with one attached hydrogen (secondary N) is 2. The van der Waals surface area contributed by atoms with E-state index in [4.69, 9.17) is 9.47 Å². The quantitative estimate of drug-likeness (QED) is 0.618. The molecular weight excluding hydrogens is 394 g/mol. The van der Waals surface area contributed by atoms with Crippen LogP contribution in [0.3, 0.4) is 0 Å². The molecular formula is C20H28N3O5S+. The number of carbonyl (C=O) groups excluding carboxylic acids is 1. The number of quaternary nitrogens is 1. The summed E-state index contributed by atoms with van der Waals surface area (Å²) in [5.41, 5.74) is 1.39. The maximum absolute atomic E-state index is 12.4. The number of carbonyl (C=O) groups is 1. The number of amides is 1. The molecule has 8 nitrogen and oxygen atoms in total. The summed E-state index contributed by atoms with van der Waals surface area (Å²) in [6.07, 6.45) is 0. The summed E-state index contributed by atoms with van der Waals surface area (Å²) in [5, 5.41) is 2.76. The standard InChI is InChI=1S/C20H27N3O5S/c1-22(2)29(25,26)18-8-6-7-16(11-18)21-20(24)14-23(3)13-15-9-10-17(27-4)12-19(15)28-5/h6-12H,13-14H2,1-5H3,(H,21,24)/p+1. The zero-order valence-corrected chi connectivity index (χ0v) is 18.2. The number of nitrogens with zero attached hydrogens (tertiary/aromatic N) is 1. The van der Waals surface area contributed by atoms with Crippen LogP contribution in [0.4, 0.5) is 5.69 Å². The highest BCUT2D eigenvalue weighted by Crippen LogP contribution is 2.23. The van der Waals surface area contributed by atoms with Crippen molar-refractivity contribution in [1.82, 2.24) is 4.31 Å². The van der Waals surface area contributed by atoms with Crippen molar-refractivity contribution in [2.24, 2.45) is 0 Å². The van der Waals surface area contributed by atoms with Crippen molar-refractivity contribution >= 4 is 21.6 Å². The molecule has 1 unspecified atom stereocenters. The van der Waals surface area contributed by atoms with E-state index in [0.29, 0.717) is 23.7 Å². The van der Waals surface area contributed by atoms with E-state index in [1.54, 1.807) is 32.4 Å². The van der Waals surface area contributed by atoms with Crippen LogP contribution in [0.1, 0.15) is 5.56 Å². The predicted octanol–water partition coefficient (Wildman–Crippen LogP) is 0.608. The second kappa shape index (κ2) is 9.73. The maximum atomic E-state index is 12.4. The van der Waals surface area contributed by atoms with Crippen molar-refractivity contribution in [2.75, 3.05) is 47.2 Å². The summed E-state index contributed by atoms with van der Waals surface area (Å²) in [6, 6.07) is 11.8. The average Bonchev–Trinajstić information content (AvgIpc) is 2.68. The van der Waals surface area contributed by atoms with Gasteiger partial charge in [-0.15, -0.1) is 0 Å². The van der Waals surface area contributed by atoms with Gasteiger partial charge < -0.3 is 19.7 Å². The molecule has 2 N–H and O–H groups in total. The van der Waals surface area contributed by atoms with Crippen LogP contribution >= 0.6 is 0 Å². The highest BCUT2D eigenvalue weighted by atomic mass is 32.2. The molecule has 0 aliphatic carbocycles. The van der Waals surface area contributed by atoms with Gasteiger partial charge in [0.25, 0.3) is 5.91 Å². The molecule has 0 aliphatic rings. The molecule has 0 bridgehead atoms. The van der Waals surface area contributed by atoms with Gasteiger partial charge in [-0.3, -0.25) is 4.79 Å². The van der Waals surface area contributed by atoms with E-state index < -0.39 is 10.0 Å². The first-order valence-corrected chi connectivity index (χ1v) is 10.5. The zero-order chi connectivity index (χ0) is 21.6. The predicted molar refractivity (Wildman–Crippen MR) is 111 cm³/mol. The molecule has 158 valence electrons. The first-order valence-electron chi connectivity index (χ1n) is 9.02. The van der Waals surface area contributed by atoms with Gasteiger partial charge >= 0.3 is 0 Å². The van der Waals surface area contributed by atoms with Gasteiger partial charge in [-0.25, -0.2) is 12.7 Å². The normalized spacial score (nSPS) is 12.5. The van der Waals surface area contributed by atoms with Crippen molar-refractivity contribution in [1.29, 1.82) is 0 Å². The molecule has 2 aromatic carbocycles. The lowest BCUT2D eigenvalue weighted by Crippen LogP contribution is -3.08. The average molecular weight is 423 g/mol. The minimum atomic E-state index is -3.56. The number of ether oxygens (including phenoxy) is 2. The monoisotopic (exact) mass is 422 g/mol. The van der Waals surface area contributed by atoms with E-state index in [2.05, 4.69) is 5.32 Å². The third-order valence-corrected chi connectivity index (χ3v) is 6.16. The lowest BCUT2D eigenvalue weighted by molar-refractivity contribution is -0.885. The Hall–Kier alpha value is -2.62. The first-order chi connectivity index (χ1) is 13.7. The first kappa shape index (κ1) is 22.7. The summed E-state index contributed by atoms with van der Waals surface area (Å²) < 4.78 is 36.2. The Labute approximate surface area is 172 Å². The third kappa shape index (κ3) is 5.93. The second-order valence-electron chi connectivity index (χ2n) is 6.85. The Morgan fingerprint density at radius 3 is 2.45 bits per heavy atom. The van der Waals surface area contributed by atoms with Crippen molar-refractivity contribution in [3.8, 4) is 11.5 Å². The van der Waals surface area contributed by atoms with Gasteiger partial charge in [0.2, 0.25) is 10.0 Å². The Balaban J connectivity index is 2.03. The molecule has 0 saturated carbocycles. The topological polar surface area (TPSA) is 89.4 Å². The molecule has 1 amide bonds. The third-order valence-electron chi connectivity index (χ3n) is 4.35. The maximum Gasteiger partial charge on any atom is 0.279 e. The van der Waals surface area contributed by atoms with Crippen molar-refractivity contribution in [2.45, 2.75) is 11.4 Å². The summed E-state index contributed by atoms with van der Waals surface area (Å²) >= 11 is 0. The molecule has 0 heterocycles. The lowest BCUT2D eigenvalue weighted by Gasteiger charge is -2.17. The van der Waals surface area contributed by atoms with Crippen LogP contribution in [-0.2, 0) is 21.4 Å². The summed E-state index contributed by atoms with van der Waals surface area (Å²) in [4.78, 5) is 13.5. The Bertz CT molecular complexity index is 960. The minimum absolute atomic E-state index is 0.129. The number of anilines is 1. The zero-order valence-electron chi connectivity index (χ0n) is 17.4. The molecule has 0 saturated heterocycles. The highest BCUT2D eigenvalue weighted by molar-refractivity contribution is 7.89. The molecule has 2 rings (SSSR count). The molecule has 0 radical (unpaired) electrons. The minimum Gasteiger partial charge on any atom is -0.497 e. The Morgan fingerprint density at radius 2 is 1.83 bits per heavy atom. The van der Waals surface area contributed by atoms with Crippen LogP contribution in [0.15, 0.2) is 47.4 Å². The molecule has 2 aromatic rings. The summed E-state index contributed by atoms with van der Waals surface area (Å²) in [5.74, 6) is 1.19. The molecule has 29 heavy (non-hydrogen) atoms. The summed E-state index contributed by atoms with van der Waals surface area (Å²) in [7, 11) is 4.45. The summed E-state index contributed by atoms with van der Waals surface area (Å²) in [6.45, 7) is 0.787. The van der Waals surface area contributed by atoms with Gasteiger partial charge in [0, 0.05) is 31.4 Å². The van der Waals surface area contributed by atoms with Gasteiger partial charge in [0.1, 0.15) is 18.0 Å². The molecule has 1 atom stereocenters. The van der Waals surface area contributed by atoms with Crippen molar-refractivity contribution in [3.63, 3.8) is 0 Å². The fourth-order valence-electron chi connectivity index (χ4n) is 2.81. The number of benzene rings is 2. The van der Waals surface area contributed by atoms with Gasteiger partial charge in [0.15, 0.2) is 6.54 Å². The van der Waals surface area contributed by atoms with Gasteiger partial charge in [0.05, 0.1) is 26.2 Å². The van der Waals surface area contributed by atoms with Crippen molar-refractivity contribution < 1.29 is 27.6 Å². The van der Waals surface area contributed by atoms with Crippen LogP contribution in [-0.4, -0.2) is 60.5 Å². The molecule has 0 spiro atoms. The van der Waals surface area contributed by atoms with E-state index in [-0.39, 0.29) is 17.3 Å². The van der Waals surface area contributed by atoms with Crippen molar-refractivity contribution in [3.05, 3.63) is 48.0 Å². The SMILES string of the molecule is COc1ccc(C[NH+](C)CC(=O)Nc2cccc(S(=O)(=O)N(C)C)c2)c(OC)c1. The second-order valence-corrected chi connectivity index (χ2v) is 9.00. The number of likely N-dealkylation sites (N-methyl/N-ethyl adjacent to an activating group) is 1. The molecule has 0 aromatic heterocycles. The van der Waals surface area contributed by atoms with Gasteiger partial charge in [-0.2, -0.15) is 0 Å². The van der Waals surface area contributed by atoms with Crippen LogP contribution in [0, 0.1) is 0 Å². The lowest BCUT2D eigenvalue weighted by atomic mass is 10.2. The number of methoxy groups -OCH3 is 2.